The minimum absolute atomic E-state index is 0.278. The van der Waals surface area contributed by atoms with Gasteiger partial charge in [0.15, 0.2) is 11.5 Å². The number of methoxy groups -OCH3 is 2. The monoisotopic (exact) mass is 527 g/mol. The molecule has 0 radical (unpaired) electrons. The zero-order valence-electron chi connectivity index (χ0n) is 23.0. The number of aryl methyl sites for hydroxylation is 1. The van der Waals surface area contributed by atoms with Crippen molar-refractivity contribution in [3.63, 3.8) is 0 Å². The molecule has 204 valence electrons. The van der Waals surface area contributed by atoms with Gasteiger partial charge in [0.05, 0.1) is 25.6 Å². The van der Waals surface area contributed by atoms with E-state index in [1.165, 1.54) is 25.5 Å². The number of carbonyl (C=O) groups is 1. The maximum Gasteiger partial charge on any atom is 0.412 e. The predicted octanol–water partition coefficient (Wildman–Crippen LogP) is 7.28. The van der Waals surface area contributed by atoms with Crippen molar-refractivity contribution in [1.29, 1.82) is 0 Å². The summed E-state index contributed by atoms with van der Waals surface area (Å²) in [6.07, 6.45) is 4.66. The van der Waals surface area contributed by atoms with Gasteiger partial charge in [0, 0.05) is 24.2 Å². The number of aromatic nitrogens is 2. The summed E-state index contributed by atoms with van der Waals surface area (Å²) in [6.45, 7) is 3.56. The van der Waals surface area contributed by atoms with Crippen LogP contribution in [-0.2, 0) is 6.54 Å². The highest BCUT2D eigenvalue weighted by Crippen LogP contribution is 2.37. The highest BCUT2D eigenvalue weighted by Gasteiger charge is 2.18. The van der Waals surface area contributed by atoms with Gasteiger partial charge in [-0.1, -0.05) is 86.0 Å². The molecule has 0 spiro atoms. The molecule has 0 fully saturated rings. The van der Waals surface area contributed by atoms with E-state index in [4.69, 9.17) is 19.2 Å². The Morgan fingerprint density at radius 3 is 2.00 bits per heavy atom. The Labute approximate surface area is 230 Å². The van der Waals surface area contributed by atoms with Crippen LogP contribution in [0.15, 0.2) is 78.9 Å². The number of imidazole rings is 1. The van der Waals surface area contributed by atoms with Crippen LogP contribution >= 0.6 is 0 Å². The van der Waals surface area contributed by atoms with Gasteiger partial charge in [0.25, 0.3) is 0 Å². The second kappa shape index (κ2) is 14.0. The number of unbranched alkanes of at least 4 members (excludes halogenated alkanes) is 4. The summed E-state index contributed by atoms with van der Waals surface area (Å²) in [7, 11) is 3.05. The van der Waals surface area contributed by atoms with Gasteiger partial charge in [-0.3, -0.25) is 0 Å². The largest absolute Gasteiger partial charge is 0.493 e. The first-order valence-electron chi connectivity index (χ1n) is 13.5. The number of para-hydroxylation sites is 1. The third kappa shape index (κ3) is 7.19. The van der Waals surface area contributed by atoms with Crippen molar-refractivity contribution in [2.45, 2.75) is 45.6 Å². The first kappa shape index (κ1) is 27.8. The fraction of sp³-hybridized carbons (Fsp3) is 0.312. The van der Waals surface area contributed by atoms with Gasteiger partial charge in [-0.15, -0.1) is 0 Å². The van der Waals surface area contributed by atoms with Crippen LogP contribution in [0.25, 0.3) is 22.5 Å². The van der Waals surface area contributed by atoms with Gasteiger partial charge in [0.1, 0.15) is 5.82 Å². The molecule has 1 N–H and O–H groups in total. The van der Waals surface area contributed by atoms with E-state index in [1.54, 1.807) is 18.2 Å². The second-order valence-electron chi connectivity index (χ2n) is 9.32. The van der Waals surface area contributed by atoms with E-state index in [-0.39, 0.29) is 5.75 Å². The molecule has 0 saturated heterocycles. The average Bonchev–Trinajstić information content (AvgIpc) is 3.31. The number of amides is 1. The Bertz CT molecular complexity index is 1310. The van der Waals surface area contributed by atoms with Crippen molar-refractivity contribution in [1.82, 2.24) is 14.9 Å². The smallest absolute Gasteiger partial charge is 0.412 e. The topological polar surface area (TPSA) is 74.6 Å². The van der Waals surface area contributed by atoms with Crippen molar-refractivity contribution in [2.75, 3.05) is 20.8 Å². The molecule has 39 heavy (non-hydrogen) atoms. The third-order valence-corrected chi connectivity index (χ3v) is 6.66. The molecule has 1 amide bonds. The van der Waals surface area contributed by atoms with E-state index >= 15 is 0 Å². The summed E-state index contributed by atoms with van der Waals surface area (Å²) < 4.78 is 18.3. The molecule has 1 heterocycles. The summed E-state index contributed by atoms with van der Waals surface area (Å²) in [5.74, 6) is 2.20. The van der Waals surface area contributed by atoms with Crippen LogP contribution in [0.2, 0.25) is 0 Å². The Kier molecular flexibility index (Phi) is 10.0. The van der Waals surface area contributed by atoms with Crippen LogP contribution in [0.5, 0.6) is 17.2 Å². The van der Waals surface area contributed by atoms with Crippen LogP contribution in [0.3, 0.4) is 0 Å². The lowest BCUT2D eigenvalue weighted by atomic mass is 10.0. The lowest BCUT2D eigenvalue weighted by Crippen LogP contribution is -2.28. The number of nitrogens with zero attached hydrogens (tertiary/aromatic N) is 2. The highest BCUT2D eigenvalue weighted by molar-refractivity contribution is 5.79. The van der Waals surface area contributed by atoms with Crippen LogP contribution in [0, 0.1) is 6.92 Å². The van der Waals surface area contributed by atoms with Crippen molar-refractivity contribution >= 4 is 6.09 Å². The molecule has 0 saturated carbocycles. The molecule has 0 unspecified atom stereocenters. The Hall–Kier alpha value is -4.26. The van der Waals surface area contributed by atoms with Gasteiger partial charge < -0.3 is 24.1 Å². The summed E-state index contributed by atoms with van der Waals surface area (Å²) in [6, 6.07) is 26.1. The number of hydrogen-bond donors (Lipinski definition) is 1. The molecular weight excluding hydrogens is 490 g/mol. The first-order valence-corrected chi connectivity index (χ1v) is 13.5. The molecule has 1 aromatic heterocycles. The molecule has 0 aliphatic rings. The number of benzene rings is 3. The van der Waals surface area contributed by atoms with Crippen molar-refractivity contribution < 1.29 is 19.0 Å². The zero-order valence-corrected chi connectivity index (χ0v) is 23.0. The van der Waals surface area contributed by atoms with E-state index < -0.39 is 6.09 Å². The maximum absolute atomic E-state index is 12.3. The summed E-state index contributed by atoms with van der Waals surface area (Å²) in [5.41, 5.74) is 4.52. The normalized spacial score (nSPS) is 10.7. The van der Waals surface area contributed by atoms with E-state index in [0.717, 1.165) is 55.7 Å². The van der Waals surface area contributed by atoms with Crippen molar-refractivity contribution in [2.24, 2.45) is 0 Å². The first-order chi connectivity index (χ1) is 19.1. The number of carbonyl (C=O) groups excluding carboxylic acids is 1. The minimum atomic E-state index is -0.518. The predicted molar refractivity (Wildman–Crippen MR) is 154 cm³/mol. The van der Waals surface area contributed by atoms with Crippen LogP contribution in [0.1, 0.15) is 37.9 Å². The van der Waals surface area contributed by atoms with Gasteiger partial charge >= 0.3 is 6.09 Å². The number of rotatable bonds is 13. The molecule has 0 bridgehead atoms. The average molecular weight is 528 g/mol. The summed E-state index contributed by atoms with van der Waals surface area (Å²) in [5, 5.41) is 2.82. The van der Waals surface area contributed by atoms with E-state index in [0.29, 0.717) is 18.0 Å². The molecule has 7 heteroatoms. The molecule has 0 atom stereocenters. The number of nitrogens with one attached hydrogen (secondary N) is 1. The Balaban J connectivity index is 1.24. The van der Waals surface area contributed by atoms with Gasteiger partial charge in [-0.25, -0.2) is 9.78 Å². The van der Waals surface area contributed by atoms with Gasteiger partial charge in [-0.05, 0) is 31.9 Å². The van der Waals surface area contributed by atoms with Crippen molar-refractivity contribution in [3.8, 4) is 39.8 Å². The molecule has 4 aromatic rings. The van der Waals surface area contributed by atoms with E-state index in [9.17, 15) is 4.79 Å². The molecule has 0 aliphatic heterocycles. The summed E-state index contributed by atoms with van der Waals surface area (Å²) in [4.78, 5) is 17.2. The van der Waals surface area contributed by atoms with Crippen LogP contribution < -0.4 is 19.5 Å². The standard InChI is InChI=1S/C32H37N3O4/c1-24-34-29(25-16-9-7-10-17-25)30(26-18-11-8-12-19-26)35(24)23-14-6-4-5-13-22-33-32(36)39-31-27(37-2)20-15-21-28(31)38-3/h7-12,15-21H,4-6,13-14,22-23H2,1-3H3,(H,33,36). The third-order valence-electron chi connectivity index (χ3n) is 6.66. The minimum Gasteiger partial charge on any atom is -0.493 e. The molecule has 4 rings (SSSR count). The quantitative estimate of drug-likeness (QED) is 0.185. The molecular formula is C32H37N3O4. The fourth-order valence-corrected chi connectivity index (χ4v) is 4.69. The van der Waals surface area contributed by atoms with E-state index in [1.807, 2.05) is 12.1 Å². The lowest BCUT2D eigenvalue weighted by Gasteiger charge is -2.13. The van der Waals surface area contributed by atoms with Gasteiger partial charge in [0.2, 0.25) is 5.75 Å². The second-order valence-corrected chi connectivity index (χ2v) is 9.32. The Morgan fingerprint density at radius 1 is 0.769 bits per heavy atom. The fourth-order valence-electron chi connectivity index (χ4n) is 4.69. The van der Waals surface area contributed by atoms with Gasteiger partial charge in [-0.2, -0.15) is 0 Å². The molecule has 3 aromatic carbocycles. The summed E-state index contributed by atoms with van der Waals surface area (Å²) >= 11 is 0. The molecule has 0 aliphatic carbocycles. The van der Waals surface area contributed by atoms with Crippen molar-refractivity contribution in [3.05, 3.63) is 84.7 Å². The Morgan fingerprint density at radius 2 is 1.36 bits per heavy atom. The highest BCUT2D eigenvalue weighted by atomic mass is 16.6. The van der Waals surface area contributed by atoms with Crippen LogP contribution in [-0.4, -0.2) is 36.4 Å². The number of hydrogen-bond acceptors (Lipinski definition) is 5. The van der Waals surface area contributed by atoms with Crippen LogP contribution in [0.4, 0.5) is 4.79 Å². The van der Waals surface area contributed by atoms with E-state index in [2.05, 4.69) is 65.3 Å². The zero-order chi connectivity index (χ0) is 27.5. The number of ether oxygens (including phenoxy) is 3. The maximum atomic E-state index is 12.3. The lowest BCUT2D eigenvalue weighted by molar-refractivity contribution is 0.195. The SMILES string of the molecule is COc1cccc(OC)c1OC(=O)NCCCCCCCn1c(C)nc(-c2ccccc2)c1-c1ccccc1. The molecule has 7 nitrogen and oxygen atoms in total.